The fourth-order valence-corrected chi connectivity index (χ4v) is 1.43. The third-order valence-corrected chi connectivity index (χ3v) is 2.27. The normalized spacial score (nSPS) is 13.5. The molecule has 1 N–H and O–H groups in total. The Balaban J connectivity index is 3.29. The van der Waals surface area contributed by atoms with E-state index in [1.807, 2.05) is 6.07 Å². The van der Waals surface area contributed by atoms with Crippen molar-refractivity contribution in [3.63, 3.8) is 0 Å². The van der Waals surface area contributed by atoms with Gasteiger partial charge >= 0.3 is 5.97 Å². The number of benzene rings is 1. The van der Waals surface area contributed by atoms with Gasteiger partial charge in [0.05, 0.1) is 6.07 Å². The van der Waals surface area contributed by atoms with E-state index in [2.05, 4.69) is 6.58 Å². The number of hydrogen-bond acceptors (Lipinski definition) is 2. The molecule has 0 fully saturated rings. The van der Waals surface area contributed by atoms with E-state index < -0.39 is 11.4 Å². The summed E-state index contributed by atoms with van der Waals surface area (Å²) in [4.78, 5) is 11.2. The lowest BCUT2D eigenvalue weighted by Gasteiger charge is -2.20. The van der Waals surface area contributed by atoms with E-state index >= 15 is 0 Å². The van der Waals surface area contributed by atoms with Gasteiger partial charge in [0.2, 0.25) is 0 Å². The highest BCUT2D eigenvalue weighted by Crippen LogP contribution is 2.28. The quantitative estimate of drug-likeness (QED) is 0.759. The van der Waals surface area contributed by atoms with Gasteiger partial charge < -0.3 is 5.11 Å². The second-order valence-corrected chi connectivity index (χ2v) is 3.18. The molecule has 0 aliphatic rings. The SMILES string of the molecule is C=CCC(C#N)(C(=O)O)c1ccccc1. The Hall–Kier alpha value is -2.08. The molecule has 1 aromatic rings. The smallest absolute Gasteiger partial charge is 0.328 e. The summed E-state index contributed by atoms with van der Waals surface area (Å²) < 4.78 is 0. The molecule has 1 aromatic carbocycles. The van der Waals surface area contributed by atoms with Crippen LogP contribution in [0.4, 0.5) is 0 Å². The van der Waals surface area contributed by atoms with Crippen LogP contribution in [0.1, 0.15) is 12.0 Å². The summed E-state index contributed by atoms with van der Waals surface area (Å²) in [6, 6.07) is 10.4. The molecule has 1 rings (SSSR count). The van der Waals surface area contributed by atoms with Crippen LogP contribution in [0.2, 0.25) is 0 Å². The van der Waals surface area contributed by atoms with Gasteiger partial charge in [0.1, 0.15) is 0 Å². The molecule has 3 nitrogen and oxygen atoms in total. The summed E-state index contributed by atoms with van der Waals surface area (Å²) in [7, 11) is 0. The van der Waals surface area contributed by atoms with Crippen LogP contribution >= 0.6 is 0 Å². The van der Waals surface area contributed by atoms with Gasteiger partial charge in [-0.2, -0.15) is 5.26 Å². The van der Waals surface area contributed by atoms with Crippen molar-refractivity contribution in [1.82, 2.24) is 0 Å². The summed E-state index contributed by atoms with van der Waals surface area (Å²) in [6.45, 7) is 3.49. The molecule has 0 spiro atoms. The van der Waals surface area contributed by atoms with E-state index in [9.17, 15) is 4.79 Å². The Bertz CT molecular complexity index is 405. The Morgan fingerprint density at radius 1 is 1.53 bits per heavy atom. The molecular formula is C12H11NO2. The van der Waals surface area contributed by atoms with Gasteiger partial charge in [0.25, 0.3) is 0 Å². The predicted molar refractivity (Wildman–Crippen MR) is 56.2 cm³/mol. The van der Waals surface area contributed by atoms with Crippen molar-refractivity contribution >= 4 is 5.97 Å². The van der Waals surface area contributed by atoms with Crippen LogP contribution in [-0.4, -0.2) is 11.1 Å². The number of allylic oxidation sites excluding steroid dienone is 1. The third kappa shape index (κ3) is 1.89. The highest BCUT2D eigenvalue weighted by Gasteiger charge is 2.39. The zero-order valence-corrected chi connectivity index (χ0v) is 8.18. The summed E-state index contributed by atoms with van der Waals surface area (Å²) >= 11 is 0. The first-order valence-electron chi connectivity index (χ1n) is 4.48. The molecule has 15 heavy (non-hydrogen) atoms. The van der Waals surface area contributed by atoms with Crippen LogP contribution in [0.3, 0.4) is 0 Å². The van der Waals surface area contributed by atoms with Gasteiger partial charge in [0, 0.05) is 0 Å². The summed E-state index contributed by atoms with van der Waals surface area (Å²) in [5, 5.41) is 18.2. The average Bonchev–Trinajstić information content (AvgIpc) is 2.26. The fraction of sp³-hybridized carbons (Fsp3) is 0.167. The van der Waals surface area contributed by atoms with Gasteiger partial charge in [-0.3, -0.25) is 4.79 Å². The monoisotopic (exact) mass is 201 g/mol. The summed E-state index contributed by atoms with van der Waals surface area (Å²) in [6.07, 6.45) is 1.55. The molecule has 1 unspecified atom stereocenters. The first-order valence-corrected chi connectivity index (χ1v) is 4.48. The molecule has 0 saturated carbocycles. The fourth-order valence-electron chi connectivity index (χ4n) is 1.43. The second-order valence-electron chi connectivity index (χ2n) is 3.18. The van der Waals surface area contributed by atoms with E-state index in [1.165, 1.54) is 6.08 Å². The lowest BCUT2D eigenvalue weighted by molar-refractivity contribution is -0.141. The average molecular weight is 201 g/mol. The van der Waals surface area contributed by atoms with Crippen LogP contribution in [0.5, 0.6) is 0 Å². The molecule has 0 aromatic heterocycles. The van der Waals surface area contributed by atoms with Crippen LogP contribution in [-0.2, 0) is 10.2 Å². The molecule has 76 valence electrons. The lowest BCUT2D eigenvalue weighted by atomic mass is 9.79. The maximum atomic E-state index is 11.2. The second kappa shape index (κ2) is 4.43. The number of carbonyl (C=O) groups is 1. The van der Waals surface area contributed by atoms with Crippen LogP contribution in [0.15, 0.2) is 43.0 Å². The molecule has 0 bridgehead atoms. The van der Waals surface area contributed by atoms with Crippen molar-refractivity contribution in [2.24, 2.45) is 0 Å². The largest absolute Gasteiger partial charge is 0.480 e. The Kier molecular flexibility index (Phi) is 3.25. The highest BCUT2D eigenvalue weighted by atomic mass is 16.4. The van der Waals surface area contributed by atoms with E-state index in [0.29, 0.717) is 5.56 Å². The third-order valence-electron chi connectivity index (χ3n) is 2.27. The molecule has 0 saturated heterocycles. The first kappa shape index (κ1) is 11.0. The Morgan fingerprint density at radius 3 is 2.53 bits per heavy atom. The minimum Gasteiger partial charge on any atom is -0.480 e. The molecule has 1 atom stereocenters. The molecular weight excluding hydrogens is 190 g/mol. The number of carboxylic acids is 1. The molecule has 0 aliphatic carbocycles. The number of carboxylic acid groups (broad SMARTS) is 1. The number of aliphatic carboxylic acids is 1. The maximum Gasteiger partial charge on any atom is 0.328 e. The molecule has 0 heterocycles. The Morgan fingerprint density at radius 2 is 2.13 bits per heavy atom. The zero-order chi connectivity index (χ0) is 11.3. The number of hydrogen-bond donors (Lipinski definition) is 1. The number of nitriles is 1. The van der Waals surface area contributed by atoms with Crippen molar-refractivity contribution in [3.8, 4) is 6.07 Å². The Labute approximate surface area is 88.3 Å². The minimum atomic E-state index is -1.51. The van der Waals surface area contributed by atoms with Gasteiger partial charge in [-0.15, -0.1) is 6.58 Å². The number of nitrogens with zero attached hydrogens (tertiary/aromatic N) is 1. The van der Waals surface area contributed by atoms with Crippen molar-refractivity contribution in [1.29, 1.82) is 5.26 Å². The van der Waals surface area contributed by atoms with E-state index in [-0.39, 0.29) is 6.42 Å². The minimum absolute atomic E-state index is 0.100. The van der Waals surface area contributed by atoms with Gasteiger partial charge in [-0.1, -0.05) is 36.4 Å². The first-order chi connectivity index (χ1) is 7.17. The van der Waals surface area contributed by atoms with Gasteiger partial charge in [0.15, 0.2) is 5.41 Å². The van der Waals surface area contributed by atoms with Crippen LogP contribution < -0.4 is 0 Å². The number of rotatable bonds is 4. The van der Waals surface area contributed by atoms with E-state index in [1.54, 1.807) is 30.3 Å². The molecule has 0 aliphatic heterocycles. The molecule has 0 radical (unpaired) electrons. The highest BCUT2D eigenvalue weighted by molar-refractivity contribution is 5.85. The van der Waals surface area contributed by atoms with E-state index in [4.69, 9.17) is 10.4 Å². The van der Waals surface area contributed by atoms with Crippen LogP contribution in [0.25, 0.3) is 0 Å². The van der Waals surface area contributed by atoms with Gasteiger partial charge in [-0.25, -0.2) is 0 Å². The van der Waals surface area contributed by atoms with Crippen molar-refractivity contribution < 1.29 is 9.90 Å². The van der Waals surface area contributed by atoms with Crippen LogP contribution in [0, 0.1) is 11.3 Å². The standard InChI is InChI=1S/C12H11NO2/c1-2-8-12(9-13,11(14)15)10-6-4-3-5-7-10/h2-7H,1,8H2,(H,14,15). The summed E-state index contributed by atoms with van der Waals surface area (Å²) in [5.74, 6) is -1.14. The van der Waals surface area contributed by atoms with Crippen molar-refractivity contribution in [2.75, 3.05) is 0 Å². The molecule has 3 heteroatoms. The zero-order valence-electron chi connectivity index (χ0n) is 8.18. The topological polar surface area (TPSA) is 61.1 Å². The van der Waals surface area contributed by atoms with E-state index in [0.717, 1.165) is 0 Å². The maximum absolute atomic E-state index is 11.2. The van der Waals surface area contributed by atoms with Crippen molar-refractivity contribution in [3.05, 3.63) is 48.6 Å². The lowest BCUT2D eigenvalue weighted by Crippen LogP contribution is -2.33. The van der Waals surface area contributed by atoms with Crippen molar-refractivity contribution in [2.45, 2.75) is 11.8 Å². The molecule has 0 amide bonds. The summed E-state index contributed by atoms with van der Waals surface area (Å²) in [5.41, 5.74) is -1.02. The van der Waals surface area contributed by atoms with Gasteiger partial charge in [-0.05, 0) is 12.0 Å². The predicted octanol–water partition coefficient (Wildman–Crippen LogP) is 2.11.